The molecular weight excluding hydrogens is 372 g/mol. The highest BCUT2D eigenvalue weighted by atomic mass is 35.5. The highest BCUT2D eigenvalue weighted by Gasteiger charge is 2.24. The number of halogens is 1. The molecule has 144 valence electrons. The van der Waals surface area contributed by atoms with Gasteiger partial charge >= 0.3 is 0 Å². The molecule has 0 atom stereocenters. The quantitative estimate of drug-likeness (QED) is 0.661. The van der Waals surface area contributed by atoms with Gasteiger partial charge in [-0.15, -0.1) is 0 Å². The summed E-state index contributed by atoms with van der Waals surface area (Å²) in [4.78, 5) is 25.8. The Morgan fingerprint density at radius 3 is 2.39 bits per heavy atom. The second-order valence-electron chi connectivity index (χ2n) is 7.41. The number of nitrogens with zero attached hydrogens (tertiary/aromatic N) is 4. The van der Waals surface area contributed by atoms with E-state index in [-0.39, 0.29) is 5.91 Å². The summed E-state index contributed by atoms with van der Waals surface area (Å²) in [5.41, 5.74) is 2.83. The number of anilines is 1. The van der Waals surface area contributed by atoms with Gasteiger partial charge in [-0.3, -0.25) is 4.79 Å². The molecule has 0 bridgehead atoms. The minimum Gasteiger partial charge on any atom is -0.352 e. The van der Waals surface area contributed by atoms with Crippen molar-refractivity contribution in [2.24, 2.45) is 0 Å². The van der Waals surface area contributed by atoms with Crippen LogP contribution in [-0.2, 0) is 0 Å². The van der Waals surface area contributed by atoms with Crippen LogP contribution >= 0.6 is 11.6 Å². The third kappa shape index (κ3) is 3.67. The van der Waals surface area contributed by atoms with Gasteiger partial charge in [0.2, 0.25) is 0 Å². The van der Waals surface area contributed by atoms with Crippen LogP contribution in [0.5, 0.6) is 0 Å². The lowest BCUT2D eigenvalue weighted by molar-refractivity contribution is 0.0746. The molecular formula is C22H23ClN4O. The van der Waals surface area contributed by atoms with Crippen molar-refractivity contribution in [2.75, 3.05) is 31.1 Å². The molecule has 1 amide bonds. The molecule has 1 aliphatic rings. The number of aromatic nitrogens is 2. The molecule has 1 aliphatic heterocycles. The van der Waals surface area contributed by atoms with Gasteiger partial charge in [0.05, 0.1) is 5.52 Å². The van der Waals surface area contributed by atoms with Crippen molar-refractivity contribution in [1.29, 1.82) is 0 Å². The highest BCUT2D eigenvalue weighted by molar-refractivity contribution is 6.31. The minimum atomic E-state index is 0.0919. The van der Waals surface area contributed by atoms with Gasteiger partial charge in [-0.05, 0) is 41.8 Å². The summed E-state index contributed by atoms with van der Waals surface area (Å²) in [7, 11) is 0. The van der Waals surface area contributed by atoms with Crippen LogP contribution in [0, 0.1) is 0 Å². The standard InChI is InChI=1S/C22H23ClN4O/c1-15(2)16-3-5-17(6-4-16)22(28)27-11-9-26(10-12-27)21-19-8-7-18(23)13-20(19)24-14-25-21/h3-8,13-15H,9-12H2,1-2H3. The lowest BCUT2D eigenvalue weighted by atomic mass is 10.0. The molecule has 4 rings (SSSR count). The molecule has 1 fully saturated rings. The Bertz CT molecular complexity index is 995. The van der Waals surface area contributed by atoms with E-state index in [1.165, 1.54) is 5.56 Å². The number of carbonyl (C=O) groups is 1. The molecule has 2 heterocycles. The van der Waals surface area contributed by atoms with E-state index >= 15 is 0 Å². The molecule has 6 heteroatoms. The number of hydrogen-bond donors (Lipinski definition) is 0. The molecule has 1 saturated heterocycles. The molecule has 0 saturated carbocycles. The maximum absolute atomic E-state index is 12.8. The van der Waals surface area contributed by atoms with Crippen LogP contribution in [0.15, 0.2) is 48.8 Å². The monoisotopic (exact) mass is 394 g/mol. The van der Waals surface area contributed by atoms with E-state index in [1.54, 1.807) is 6.33 Å². The number of carbonyl (C=O) groups excluding carboxylic acids is 1. The molecule has 0 unspecified atom stereocenters. The Kier molecular flexibility index (Phi) is 5.18. The van der Waals surface area contributed by atoms with Crippen LogP contribution in [0.4, 0.5) is 5.82 Å². The van der Waals surface area contributed by atoms with Crippen molar-refractivity contribution in [3.05, 3.63) is 64.9 Å². The summed E-state index contributed by atoms with van der Waals surface area (Å²) in [5.74, 6) is 1.45. The second kappa shape index (κ2) is 7.76. The van der Waals surface area contributed by atoms with E-state index in [0.717, 1.165) is 35.4 Å². The average molecular weight is 395 g/mol. The molecule has 2 aromatic carbocycles. The maximum Gasteiger partial charge on any atom is 0.253 e. The van der Waals surface area contributed by atoms with Crippen molar-refractivity contribution < 1.29 is 4.79 Å². The molecule has 1 aromatic heterocycles. The van der Waals surface area contributed by atoms with Crippen LogP contribution in [0.1, 0.15) is 35.7 Å². The fraction of sp³-hybridized carbons (Fsp3) is 0.318. The minimum absolute atomic E-state index is 0.0919. The van der Waals surface area contributed by atoms with E-state index in [0.29, 0.717) is 24.0 Å². The first-order valence-electron chi connectivity index (χ1n) is 9.57. The molecule has 0 N–H and O–H groups in total. The summed E-state index contributed by atoms with van der Waals surface area (Å²) < 4.78 is 0. The predicted octanol–water partition coefficient (Wildman–Crippen LogP) is 4.37. The van der Waals surface area contributed by atoms with E-state index < -0.39 is 0 Å². The highest BCUT2D eigenvalue weighted by Crippen LogP contribution is 2.26. The molecule has 0 aliphatic carbocycles. The van der Waals surface area contributed by atoms with Gasteiger partial charge in [0, 0.05) is 42.2 Å². The number of piperazine rings is 1. The zero-order chi connectivity index (χ0) is 19.7. The van der Waals surface area contributed by atoms with Gasteiger partial charge in [0.15, 0.2) is 0 Å². The van der Waals surface area contributed by atoms with Crippen LogP contribution in [0.25, 0.3) is 10.9 Å². The topological polar surface area (TPSA) is 49.3 Å². The lowest BCUT2D eigenvalue weighted by Crippen LogP contribution is -2.49. The molecule has 28 heavy (non-hydrogen) atoms. The Morgan fingerprint density at radius 1 is 1.00 bits per heavy atom. The maximum atomic E-state index is 12.8. The smallest absolute Gasteiger partial charge is 0.253 e. The average Bonchev–Trinajstić information content (AvgIpc) is 2.73. The first-order valence-corrected chi connectivity index (χ1v) is 9.95. The van der Waals surface area contributed by atoms with Crippen molar-refractivity contribution >= 4 is 34.2 Å². The number of fused-ring (bicyclic) bond motifs is 1. The second-order valence-corrected chi connectivity index (χ2v) is 7.85. The zero-order valence-corrected chi connectivity index (χ0v) is 16.9. The summed E-state index contributed by atoms with van der Waals surface area (Å²) in [5, 5.41) is 1.65. The number of benzene rings is 2. The van der Waals surface area contributed by atoms with Crippen molar-refractivity contribution in [2.45, 2.75) is 19.8 Å². The third-order valence-corrected chi connectivity index (χ3v) is 5.50. The molecule has 3 aromatic rings. The normalized spacial score (nSPS) is 14.7. The van der Waals surface area contributed by atoms with Gasteiger partial charge in [-0.1, -0.05) is 37.6 Å². The Balaban J connectivity index is 1.47. The summed E-state index contributed by atoms with van der Waals surface area (Å²) in [6.45, 7) is 7.13. The summed E-state index contributed by atoms with van der Waals surface area (Å²) in [6.07, 6.45) is 1.57. The summed E-state index contributed by atoms with van der Waals surface area (Å²) >= 11 is 6.08. The lowest BCUT2D eigenvalue weighted by Gasteiger charge is -2.35. The van der Waals surface area contributed by atoms with Crippen LogP contribution < -0.4 is 4.90 Å². The van der Waals surface area contributed by atoms with Crippen molar-refractivity contribution in [1.82, 2.24) is 14.9 Å². The number of rotatable bonds is 3. The fourth-order valence-electron chi connectivity index (χ4n) is 3.58. The Morgan fingerprint density at radius 2 is 1.71 bits per heavy atom. The van der Waals surface area contributed by atoms with Crippen LogP contribution in [0.3, 0.4) is 0 Å². The van der Waals surface area contributed by atoms with Gasteiger partial charge in [0.25, 0.3) is 5.91 Å². The van der Waals surface area contributed by atoms with E-state index in [1.807, 2.05) is 47.4 Å². The van der Waals surface area contributed by atoms with Crippen LogP contribution in [0.2, 0.25) is 5.02 Å². The van der Waals surface area contributed by atoms with Gasteiger partial charge in [-0.2, -0.15) is 0 Å². The van der Waals surface area contributed by atoms with Gasteiger partial charge in [-0.25, -0.2) is 9.97 Å². The first kappa shape index (κ1) is 18.7. The van der Waals surface area contributed by atoms with Crippen molar-refractivity contribution in [3.63, 3.8) is 0 Å². The Labute approximate surface area is 170 Å². The van der Waals surface area contributed by atoms with E-state index in [9.17, 15) is 4.79 Å². The molecule has 5 nitrogen and oxygen atoms in total. The zero-order valence-electron chi connectivity index (χ0n) is 16.1. The SMILES string of the molecule is CC(C)c1ccc(C(=O)N2CCN(c3ncnc4cc(Cl)ccc34)CC2)cc1. The number of hydrogen-bond acceptors (Lipinski definition) is 4. The van der Waals surface area contributed by atoms with Gasteiger partial charge in [0.1, 0.15) is 12.1 Å². The predicted molar refractivity (Wildman–Crippen MR) is 113 cm³/mol. The van der Waals surface area contributed by atoms with Crippen LogP contribution in [-0.4, -0.2) is 47.0 Å². The van der Waals surface area contributed by atoms with Crippen molar-refractivity contribution in [3.8, 4) is 0 Å². The molecule has 0 spiro atoms. The summed E-state index contributed by atoms with van der Waals surface area (Å²) in [6, 6.07) is 13.6. The molecule has 0 radical (unpaired) electrons. The van der Waals surface area contributed by atoms with E-state index in [2.05, 4.69) is 28.7 Å². The Hall–Kier alpha value is -2.66. The largest absolute Gasteiger partial charge is 0.352 e. The van der Waals surface area contributed by atoms with Gasteiger partial charge < -0.3 is 9.80 Å². The fourth-order valence-corrected chi connectivity index (χ4v) is 3.75. The third-order valence-electron chi connectivity index (χ3n) is 5.27. The van der Waals surface area contributed by atoms with E-state index in [4.69, 9.17) is 11.6 Å². The first-order chi connectivity index (χ1) is 13.5. The number of amides is 1.